The molecule has 0 atom stereocenters. The zero-order valence-corrected chi connectivity index (χ0v) is 15.5. The zero-order valence-electron chi connectivity index (χ0n) is 12.1. The van der Waals surface area contributed by atoms with Crippen LogP contribution in [0.4, 0.5) is 11.4 Å². The number of aliphatic hydroxyl groups excluding tert-OH is 2. The molecule has 0 bridgehead atoms. The van der Waals surface area contributed by atoms with Gasteiger partial charge in [0.1, 0.15) is 0 Å². The Morgan fingerprint density at radius 3 is 1.46 bits per heavy atom. The number of aliphatic hydroxyl groups is 2. The van der Waals surface area contributed by atoms with E-state index in [2.05, 4.69) is 0 Å². The minimum atomic E-state index is -0.515. The van der Waals surface area contributed by atoms with E-state index in [1.165, 1.54) is 24.3 Å². The summed E-state index contributed by atoms with van der Waals surface area (Å²) in [6, 6.07) is 8.93. The van der Waals surface area contributed by atoms with Gasteiger partial charge in [-0.1, -0.05) is 0 Å². The Hall–Kier alpha value is -1.80. The molecule has 2 aromatic rings. The van der Waals surface area contributed by atoms with Gasteiger partial charge < -0.3 is 0 Å². The molecule has 0 spiro atoms. The topological polar surface area (TPSA) is 127 Å². The average Bonchev–Trinajstić information content (AvgIpc) is 2.58. The normalized spacial score (nSPS) is 10.6. The van der Waals surface area contributed by atoms with Crippen molar-refractivity contribution in [2.45, 2.75) is 13.2 Å². The fourth-order valence-corrected chi connectivity index (χ4v) is 10.3. The second-order valence-electron chi connectivity index (χ2n) is 4.53. The molecule has 0 radical (unpaired) electrons. The summed E-state index contributed by atoms with van der Waals surface area (Å²) >= 11 is -0.907. The predicted octanol–water partition coefficient (Wildman–Crippen LogP) is -0.238. The van der Waals surface area contributed by atoms with Crippen LogP contribution < -0.4 is 8.92 Å². The molecule has 0 heterocycles. The number of nitro benzene ring substituents is 2. The molecular formula is C14H12N2O6Se2. The van der Waals surface area contributed by atoms with Crippen LogP contribution in [0.15, 0.2) is 36.4 Å². The number of hydrogen-bond acceptors (Lipinski definition) is 6. The van der Waals surface area contributed by atoms with E-state index in [4.69, 9.17) is 0 Å². The van der Waals surface area contributed by atoms with Crippen LogP contribution in [0.5, 0.6) is 0 Å². The molecule has 10 heteroatoms. The Kier molecular flexibility index (Phi) is 6.44. The molecular weight excluding hydrogens is 450 g/mol. The molecule has 2 N–H and O–H groups in total. The molecule has 0 saturated carbocycles. The fourth-order valence-electron chi connectivity index (χ4n) is 1.95. The first-order valence-electron chi connectivity index (χ1n) is 6.58. The van der Waals surface area contributed by atoms with Gasteiger partial charge in [0.25, 0.3) is 0 Å². The van der Waals surface area contributed by atoms with Gasteiger partial charge in [0, 0.05) is 0 Å². The first-order chi connectivity index (χ1) is 11.5. The van der Waals surface area contributed by atoms with E-state index in [1.807, 2.05) is 0 Å². The monoisotopic (exact) mass is 464 g/mol. The number of benzene rings is 2. The van der Waals surface area contributed by atoms with Gasteiger partial charge in [0.05, 0.1) is 0 Å². The zero-order chi connectivity index (χ0) is 17.7. The minimum absolute atomic E-state index is 0.0902. The molecule has 0 aliphatic carbocycles. The standard InChI is InChI=1S/C14H12N2O6Se2/c17-7-9-3-1-5-11(15(19)20)13(9)23-24-14-10(8-18)4-2-6-12(14)16(21)22/h1-6,17-18H,7-8H2. The van der Waals surface area contributed by atoms with Gasteiger partial charge in [-0.25, -0.2) is 0 Å². The number of hydrogen-bond donors (Lipinski definition) is 2. The van der Waals surface area contributed by atoms with Crippen molar-refractivity contribution in [1.29, 1.82) is 0 Å². The summed E-state index contributed by atoms with van der Waals surface area (Å²) in [7, 11) is 0. The van der Waals surface area contributed by atoms with Gasteiger partial charge in [0.15, 0.2) is 0 Å². The molecule has 0 aliphatic heterocycles. The van der Waals surface area contributed by atoms with Gasteiger partial charge in [-0.15, -0.1) is 0 Å². The van der Waals surface area contributed by atoms with Gasteiger partial charge in [-0.3, -0.25) is 0 Å². The van der Waals surface area contributed by atoms with E-state index < -0.39 is 36.1 Å². The van der Waals surface area contributed by atoms with Crippen molar-refractivity contribution in [3.05, 3.63) is 67.8 Å². The average molecular weight is 462 g/mol. The van der Waals surface area contributed by atoms with Gasteiger partial charge in [0.2, 0.25) is 0 Å². The maximum atomic E-state index is 11.2. The molecule has 0 aliphatic rings. The Morgan fingerprint density at radius 2 is 1.17 bits per heavy atom. The Morgan fingerprint density at radius 1 is 0.792 bits per heavy atom. The van der Waals surface area contributed by atoms with Crippen molar-refractivity contribution in [2.75, 3.05) is 0 Å². The third-order valence-corrected chi connectivity index (χ3v) is 10.5. The van der Waals surface area contributed by atoms with E-state index in [1.54, 1.807) is 12.1 Å². The SMILES string of the molecule is O=[N+]([O-])c1cccc(CO)c1[Se][Se]c1c(CO)cccc1[N+](=O)[O-]. The summed E-state index contributed by atoms with van der Waals surface area (Å²) in [5, 5.41) is 41.2. The second-order valence-corrected chi connectivity index (χ2v) is 10.6. The molecule has 0 aromatic heterocycles. The van der Waals surface area contributed by atoms with E-state index in [9.17, 15) is 30.4 Å². The molecule has 126 valence electrons. The summed E-state index contributed by atoms with van der Waals surface area (Å²) in [4.78, 5) is 21.4. The van der Waals surface area contributed by atoms with Crippen molar-refractivity contribution in [3.63, 3.8) is 0 Å². The number of rotatable bonds is 7. The second kappa shape index (κ2) is 8.34. The van der Waals surface area contributed by atoms with Crippen LogP contribution in [0, 0.1) is 20.2 Å². The third-order valence-electron chi connectivity index (χ3n) is 3.09. The van der Waals surface area contributed by atoms with Crippen LogP contribution in [-0.2, 0) is 13.2 Å². The van der Waals surface area contributed by atoms with Crippen LogP contribution in [0.3, 0.4) is 0 Å². The molecule has 8 nitrogen and oxygen atoms in total. The van der Waals surface area contributed by atoms with Crippen molar-refractivity contribution >= 4 is 46.6 Å². The van der Waals surface area contributed by atoms with E-state index in [0.29, 0.717) is 20.1 Å². The van der Waals surface area contributed by atoms with Crippen LogP contribution in [-0.4, -0.2) is 46.3 Å². The summed E-state index contributed by atoms with van der Waals surface area (Å²) in [6.45, 7) is -0.669. The van der Waals surface area contributed by atoms with E-state index in [0.717, 1.165) is 0 Å². The van der Waals surface area contributed by atoms with Gasteiger partial charge in [-0.2, -0.15) is 0 Å². The molecule has 24 heavy (non-hydrogen) atoms. The van der Waals surface area contributed by atoms with Crippen LogP contribution in [0.1, 0.15) is 11.1 Å². The van der Waals surface area contributed by atoms with Crippen molar-refractivity contribution in [2.24, 2.45) is 0 Å². The quantitative estimate of drug-likeness (QED) is 0.333. The summed E-state index contributed by atoms with van der Waals surface area (Å²) < 4.78 is 0.860. The molecule has 0 amide bonds. The maximum absolute atomic E-state index is 11.2. The fraction of sp³-hybridized carbons (Fsp3) is 0.143. The predicted molar refractivity (Wildman–Crippen MR) is 88.8 cm³/mol. The van der Waals surface area contributed by atoms with Crippen molar-refractivity contribution in [3.8, 4) is 0 Å². The van der Waals surface area contributed by atoms with Gasteiger partial charge >= 0.3 is 148 Å². The van der Waals surface area contributed by atoms with Crippen molar-refractivity contribution in [1.82, 2.24) is 0 Å². The molecule has 2 aromatic carbocycles. The molecule has 2 rings (SSSR count). The summed E-state index contributed by atoms with van der Waals surface area (Å²) in [6.07, 6.45) is 0. The Bertz CT molecular complexity index is 718. The molecule has 0 fully saturated rings. The summed E-state index contributed by atoms with van der Waals surface area (Å²) in [5.41, 5.74) is 0.727. The van der Waals surface area contributed by atoms with Gasteiger partial charge in [-0.05, 0) is 0 Å². The van der Waals surface area contributed by atoms with Crippen LogP contribution in [0.25, 0.3) is 0 Å². The molecule has 0 saturated heterocycles. The van der Waals surface area contributed by atoms with Crippen LogP contribution in [0.2, 0.25) is 0 Å². The van der Waals surface area contributed by atoms with Crippen LogP contribution >= 0.6 is 0 Å². The third kappa shape index (κ3) is 3.99. The molecule has 0 unspecified atom stereocenters. The number of nitro groups is 2. The first-order valence-corrected chi connectivity index (χ1v) is 12.6. The van der Waals surface area contributed by atoms with E-state index >= 15 is 0 Å². The van der Waals surface area contributed by atoms with Crippen molar-refractivity contribution < 1.29 is 20.1 Å². The Labute approximate surface area is 147 Å². The summed E-state index contributed by atoms with van der Waals surface area (Å²) in [5.74, 6) is 0. The first kappa shape index (κ1) is 18.5. The van der Waals surface area contributed by atoms with E-state index in [-0.39, 0.29) is 24.6 Å². The number of nitrogens with zero attached hydrogens (tertiary/aromatic N) is 2. The Balaban J connectivity index is 2.42.